The van der Waals surface area contributed by atoms with Crippen LogP contribution in [0.5, 0.6) is 0 Å². The Bertz CT molecular complexity index is 387. The second-order valence-electron chi connectivity index (χ2n) is 4.37. The third-order valence-electron chi connectivity index (χ3n) is 2.91. The van der Waals surface area contributed by atoms with Gasteiger partial charge in [-0.1, -0.05) is 35.0 Å². The quantitative estimate of drug-likeness (QED) is 0.744. The fraction of sp³-hybridized carbons (Fsp3) is 0.500. The molecule has 3 N–H and O–H groups in total. The fourth-order valence-corrected chi connectivity index (χ4v) is 2.28. The number of benzene rings is 1. The van der Waals surface area contributed by atoms with Gasteiger partial charge in [0.2, 0.25) is 5.91 Å². The average molecular weight is 350 g/mol. The molecule has 3 nitrogen and oxygen atoms in total. The molecule has 0 aliphatic rings. The van der Waals surface area contributed by atoms with E-state index in [1.807, 2.05) is 19.1 Å². The Hall–Kier alpha value is -0.580. The summed E-state index contributed by atoms with van der Waals surface area (Å²) in [5.74, 6) is 0.169. The van der Waals surface area contributed by atoms with Gasteiger partial charge in [-0.05, 0) is 43.5 Å². The summed E-state index contributed by atoms with van der Waals surface area (Å²) in [5, 5.41) is 2.94. The van der Waals surface area contributed by atoms with Crippen molar-refractivity contribution in [2.24, 2.45) is 11.7 Å². The Kier molecular flexibility index (Phi) is 9.92. The van der Waals surface area contributed by atoms with E-state index in [0.717, 1.165) is 23.7 Å². The Morgan fingerprint density at radius 1 is 1.47 bits per heavy atom. The highest BCUT2D eigenvalue weighted by molar-refractivity contribution is 9.10. The van der Waals surface area contributed by atoms with Gasteiger partial charge in [0.15, 0.2) is 0 Å². The minimum absolute atomic E-state index is 0. The first-order valence-corrected chi connectivity index (χ1v) is 7.19. The summed E-state index contributed by atoms with van der Waals surface area (Å²) in [4.78, 5) is 12.0. The van der Waals surface area contributed by atoms with Crippen LogP contribution in [0.2, 0.25) is 0 Å². The van der Waals surface area contributed by atoms with Crippen LogP contribution in [-0.2, 0) is 11.2 Å². The third kappa shape index (κ3) is 6.95. The minimum atomic E-state index is 0. The second-order valence-corrected chi connectivity index (χ2v) is 5.29. The van der Waals surface area contributed by atoms with Gasteiger partial charge in [0.25, 0.3) is 0 Å². The molecule has 5 heteroatoms. The molecule has 1 aromatic carbocycles. The second kappa shape index (κ2) is 10.2. The van der Waals surface area contributed by atoms with E-state index < -0.39 is 0 Å². The summed E-state index contributed by atoms with van der Waals surface area (Å²) in [6.07, 6.45) is 2.46. The summed E-state index contributed by atoms with van der Waals surface area (Å²) in [5.41, 5.74) is 6.59. The number of carbonyl (C=O) groups is 1. The topological polar surface area (TPSA) is 55.1 Å². The molecule has 0 saturated heterocycles. The van der Waals surface area contributed by atoms with Crippen LogP contribution in [0.3, 0.4) is 0 Å². The SMILES string of the molecule is CCC(Cc1cccc(Br)c1)C(=O)NCCCN.Cl. The zero-order chi connectivity index (χ0) is 13.4. The van der Waals surface area contributed by atoms with Crippen molar-refractivity contribution in [3.8, 4) is 0 Å². The number of nitrogens with two attached hydrogens (primary N) is 1. The first-order chi connectivity index (χ1) is 8.67. The van der Waals surface area contributed by atoms with Crippen LogP contribution in [0.15, 0.2) is 28.7 Å². The molecular weight excluding hydrogens is 328 g/mol. The van der Waals surface area contributed by atoms with Gasteiger partial charge >= 0.3 is 0 Å². The van der Waals surface area contributed by atoms with Crippen molar-refractivity contribution in [2.75, 3.05) is 13.1 Å². The Morgan fingerprint density at radius 2 is 2.21 bits per heavy atom. The largest absolute Gasteiger partial charge is 0.356 e. The van der Waals surface area contributed by atoms with Gasteiger partial charge in [0.1, 0.15) is 0 Å². The Labute approximate surface area is 129 Å². The summed E-state index contributed by atoms with van der Waals surface area (Å²) in [6.45, 7) is 3.33. The van der Waals surface area contributed by atoms with Crippen LogP contribution in [0.1, 0.15) is 25.3 Å². The number of halogens is 2. The van der Waals surface area contributed by atoms with E-state index in [0.29, 0.717) is 13.1 Å². The van der Waals surface area contributed by atoms with Gasteiger partial charge in [0.05, 0.1) is 0 Å². The van der Waals surface area contributed by atoms with E-state index in [4.69, 9.17) is 5.73 Å². The predicted octanol–water partition coefficient (Wildman–Crippen LogP) is 2.90. The fourth-order valence-electron chi connectivity index (χ4n) is 1.83. The van der Waals surface area contributed by atoms with E-state index in [1.54, 1.807) is 0 Å². The van der Waals surface area contributed by atoms with Gasteiger partial charge in [-0.25, -0.2) is 0 Å². The molecule has 0 saturated carbocycles. The maximum atomic E-state index is 12.0. The maximum Gasteiger partial charge on any atom is 0.223 e. The molecule has 0 aromatic heterocycles. The lowest BCUT2D eigenvalue weighted by molar-refractivity contribution is -0.125. The van der Waals surface area contributed by atoms with E-state index in [-0.39, 0.29) is 24.2 Å². The Morgan fingerprint density at radius 3 is 2.79 bits per heavy atom. The highest BCUT2D eigenvalue weighted by atomic mass is 79.9. The number of nitrogens with one attached hydrogen (secondary N) is 1. The molecule has 1 amide bonds. The lowest BCUT2D eigenvalue weighted by Crippen LogP contribution is -2.33. The lowest BCUT2D eigenvalue weighted by Gasteiger charge is -2.15. The summed E-state index contributed by atoms with van der Waals surface area (Å²) >= 11 is 3.45. The highest BCUT2D eigenvalue weighted by Crippen LogP contribution is 2.17. The van der Waals surface area contributed by atoms with Crippen LogP contribution in [0, 0.1) is 5.92 Å². The molecule has 0 heterocycles. The van der Waals surface area contributed by atoms with E-state index in [2.05, 4.69) is 33.4 Å². The van der Waals surface area contributed by atoms with Crippen LogP contribution >= 0.6 is 28.3 Å². The van der Waals surface area contributed by atoms with Crippen molar-refractivity contribution < 1.29 is 4.79 Å². The van der Waals surface area contributed by atoms with Crippen LogP contribution < -0.4 is 11.1 Å². The van der Waals surface area contributed by atoms with Crippen molar-refractivity contribution in [2.45, 2.75) is 26.2 Å². The third-order valence-corrected chi connectivity index (χ3v) is 3.41. The predicted molar refractivity (Wildman–Crippen MR) is 85.6 cm³/mol. The van der Waals surface area contributed by atoms with Gasteiger partial charge in [-0.15, -0.1) is 12.4 Å². The molecule has 0 spiro atoms. The standard InChI is InChI=1S/C14H21BrN2O.ClH/c1-2-12(14(18)17-8-4-7-16)9-11-5-3-6-13(15)10-11;/h3,5-6,10,12H,2,4,7-9,16H2,1H3,(H,17,18);1H. The van der Waals surface area contributed by atoms with Gasteiger partial charge in [-0.3, -0.25) is 4.79 Å². The molecule has 0 fully saturated rings. The van der Waals surface area contributed by atoms with Gasteiger partial charge in [-0.2, -0.15) is 0 Å². The maximum absolute atomic E-state index is 12.0. The minimum Gasteiger partial charge on any atom is -0.356 e. The smallest absolute Gasteiger partial charge is 0.223 e. The molecule has 0 bridgehead atoms. The summed E-state index contributed by atoms with van der Waals surface area (Å²) < 4.78 is 1.05. The molecule has 108 valence electrons. The first-order valence-electron chi connectivity index (χ1n) is 6.39. The first kappa shape index (κ1) is 18.4. The van der Waals surface area contributed by atoms with E-state index in [1.165, 1.54) is 5.56 Å². The van der Waals surface area contributed by atoms with Gasteiger partial charge in [0, 0.05) is 16.9 Å². The van der Waals surface area contributed by atoms with E-state index in [9.17, 15) is 4.79 Å². The van der Waals surface area contributed by atoms with E-state index >= 15 is 0 Å². The molecule has 1 atom stereocenters. The van der Waals surface area contributed by atoms with Crippen LogP contribution in [0.4, 0.5) is 0 Å². The lowest BCUT2D eigenvalue weighted by atomic mass is 9.96. The summed E-state index contributed by atoms with van der Waals surface area (Å²) in [7, 11) is 0. The molecular formula is C14H22BrClN2O. The zero-order valence-corrected chi connectivity index (χ0v) is 13.6. The molecule has 0 aliphatic heterocycles. The normalized spacial score (nSPS) is 11.5. The zero-order valence-electron chi connectivity index (χ0n) is 11.2. The highest BCUT2D eigenvalue weighted by Gasteiger charge is 2.16. The molecule has 0 radical (unpaired) electrons. The molecule has 0 aliphatic carbocycles. The molecule has 1 rings (SSSR count). The number of hydrogen-bond acceptors (Lipinski definition) is 2. The average Bonchev–Trinajstić information content (AvgIpc) is 2.36. The van der Waals surface area contributed by atoms with Crippen LogP contribution in [-0.4, -0.2) is 19.0 Å². The summed E-state index contributed by atoms with van der Waals surface area (Å²) in [6, 6.07) is 8.11. The van der Waals surface area contributed by atoms with Crippen molar-refractivity contribution in [1.29, 1.82) is 0 Å². The number of amides is 1. The van der Waals surface area contributed by atoms with Gasteiger partial charge < -0.3 is 11.1 Å². The molecule has 19 heavy (non-hydrogen) atoms. The number of carbonyl (C=O) groups excluding carboxylic acids is 1. The molecule has 1 unspecified atom stereocenters. The van der Waals surface area contributed by atoms with Crippen molar-refractivity contribution in [3.63, 3.8) is 0 Å². The van der Waals surface area contributed by atoms with Crippen LogP contribution in [0.25, 0.3) is 0 Å². The van der Waals surface area contributed by atoms with Crippen molar-refractivity contribution in [1.82, 2.24) is 5.32 Å². The molecule has 1 aromatic rings. The number of rotatable bonds is 7. The van der Waals surface area contributed by atoms with Crippen molar-refractivity contribution in [3.05, 3.63) is 34.3 Å². The Balaban J connectivity index is 0.00000324. The van der Waals surface area contributed by atoms with Crippen molar-refractivity contribution >= 4 is 34.2 Å². The number of hydrogen-bond donors (Lipinski definition) is 2. The monoisotopic (exact) mass is 348 g/mol.